The van der Waals surface area contributed by atoms with E-state index in [-0.39, 0.29) is 37.6 Å². The van der Waals surface area contributed by atoms with Crippen LogP contribution in [0.25, 0.3) is 0 Å². The van der Waals surface area contributed by atoms with Gasteiger partial charge in [-0.25, -0.2) is 13.6 Å². The van der Waals surface area contributed by atoms with E-state index < -0.39 is 18.5 Å². The number of halogens is 2. The Labute approximate surface area is 120 Å². The Bertz CT molecular complexity index is 538. The van der Waals surface area contributed by atoms with Crippen molar-refractivity contribution in [1.82, 2.24) is 4.90 Å². The first-order valence-electron chi connectivity index (χ1n) is 6.49. The number of carboxylic acids is 1. The fraction of sp³-hybridized carbons (Fsp3) is 0.429. The lowest BCUT2D eigenvalue weighted by Crippen LogP contribution is -2.42. The second kappa shape index (κ2) is 6.07. The summed E-state index contributed by atoms with van der Waals surface area (Å²) in [6, 6.07) is 6.05. The number of ether oxygens (including phenoxy) is 1. The van der Waals surface area contributed by atoms with Crippen LogP contribution in [0, 0.1) is 0 Å². The number of aliphatic carboxylic acids is 1. The van der Waals surface area contributed by atoms with Crippen LogP contribution < -0.4 is 4.74 Å². The van der Waals surface area contributed by atoms with E-state index in [0.29, 0.717) is 5.56 Å². The molecule has 1 aromatic carbocycles. The third-order valence-electron chi connectivity index (χ3n) is 3.23. The minimum absolute atomic E-state index is 0.00600. The van der Waals surface area contributed by atoms with Crippen molar-refractivity contribution in [1.29, 1.82) is 0 Å². The Morgan fingerprint density at radius 3 is 2.57 bits per heavy atom. The summed E-state index contributed by atoms with van der Waals surface area (Å²) < 4.78 is 31.1. The maximum atomic E-state index is 13.1. The number of carboxylic acid groups (broad SMARTS) is 1. The number of rotatable bonds is 4. The van der Waals surface area contributed by atoms with Crippen molar-refractivity contribution in [2.75, 3.05) is 19.7 Å². The number of carbonyl (C=O) groups is 2. The van der Waals surface area contributed by atoms with E-state index in [1.54, 1.807) is 12.1 Å². The molecule has 5 nitrogen and oxygen atoms in total. The summed E-state index contributed by atoms with van der Waals surface area (Å²) in [6.45, 7) is -0.494. The Balaban J connectivity index is 2.02. The molecular formula is C14H15F2NO4. The number of nitrogens with zero attached hydrogens (tertiary/aromatic N) is 1. The van der Waals surface area contributed by atoms with E-state index in [9.17, 15) is 18.4 Å². The molecule has 1 heterocycles. The molecule has 21 heavy (non-hydrogen) atoms. The first kappa shape index (κ1) is 15.2. The Hall–Kier alpha value is -2.18. The molecule has 1 fully saturated rings. The zero-order valence-corrected chi connectivity index (χ0v) is 11.2. The standard InChI is InChI=1S/C14H15F2NO4/c15-14(16)4-6-17(7-5-14)13(20)10-2-1-3-11(8-10)21-9-12(18)19/h1-3,8H,4-7,9H2,(H,18,19). The number of likely N-dealkylation sites (tertiary alicyclic amines) is 1. The topological polar surface area (TPSA) is 66.8 Å². The molecule has 0 bridgehead atoms. The zero-order chi connectivity index (χ0) is 15.5. The third kappa shape index (κ3) is 4.14. The van der Waals surface area contributed by atoms with Gasteiger partial charge in [0.1, 0.15) is 5.75 Å². The molecule has 1 amide bonds. The summed E-state index contributed by atoms with van der Waals surface area (Å²) in [4.78, 5) is 24.0. The highest BCUT2D eigenvalue weighted by Gasteiger charge is 2.35. The quantitative estimate of drug-likeness (QED) is 0.923. The van der Waals surface area contributed by atoms with Gasteiger partial charge < -0.3 is 14.7 Å². The smallest absolute Gasteiger partial charge is 0.341 e. The lowest BCUT2D eigenvalue weighted by molar-refractivity contribution is -0.139. The molecule has 0 aromatic heterocycles. The van der Waals surface area contributed by atoms with Crippen LogP contribution in [0.3, 0.4) is 0 Å². The largest absolute Gasteiger partial charge is 0.482 e. The summed E-state index contributed by atoms with van der Waals surface area (Å²) >= 11 is 0. The van der Waals surface area contributed by atoms with Gasteiger partial charge in [-0.3, -0.25) is 4.79 Å². The van der Waals surface area contributed by atoms with Crippen LogP contribution >= 0.6 is 0 Å². The van der Waals surface area contributed by atoms with Crippen molar-refractivity contribution < 1.29 is 28.2 Å². The number of carbonyl (C=O) groups excluding carboxylic acids is 1. The summed E-state index contributed by atoms with van der Waals surface area (Å²) in [5, 5.41) is 8.54. The SMILES string of the molecule is O=C(O)COc1cccc(C(=O)N2CCC(F)(F)CC2)c1. The van der Waals surface area contributed by atoms with Crippen LogP contribution in [0.15, 0.2) is 24.3 Å². The minimum Gasteiger partial charge on any atom is -0.482 e. The van der Waals surface area contributed by atoms with Crippen molar-refractivity contribution in [2.24, 2.45) is 0 Å². The first-order chi connectivity index (χ1) is 9.87. The molecule has 1 aliphatic heterocycles. The molecule has 0 unspecified atom stereocenters. The van der Waals surface area contributed by atoms with Crippen LogP contribution in [0.4, 0.5) is 8.78 Å². The van der Waals surface area contributed by atoms with Crippen molar-refractivity contribution in [3.8, 4) is 5.75 Å². The predicted octanol–water partition coefficient (Wildman–Crippen LogP) is 2.02. The van der Waals surface area contributed by atoms with Gasteiger partial charge in [0.05, 0.1) is 0 Å². The summed E-state index contributed by atoms with van der Waals surface area (Å²) in [5.41, 5.74) is 0.295. The maximum Gasteiger partial charge on any atom is 0.341 e. The Morgan fingerprint density at radius 1 is 1.29 bits per heavy atom. The van der Waals surface area contributed by atoms with E-state index in [1.165, 1.54) is 17.0 Å². The molecule has 0 aliphatic carbocycles. The third-order valence-corrected chi connectivity index (χ3v) is 3.23. The first-order valence-corrected chi connectivity index (χ1v) is 6.49. The molecule has 0 spiro atoms. The van der Waals surface area contributed by atoms with Gasteiger partial charge in [-0.2, -0.15) is 0 Å². The predicted molar refractivity (Wildman–Crippen MR) is 69.7 cm³/mol. The normalized spacial score (nSPS) is 17.3. The van der Waals surface area contributed by atoms with E-state index >= 15 is 0 Å². The number of alkyl halides is 2. The van der Waals surface area contributed by atoms with Gasteiger partial charge in [0.25, 0.3) is 11.8 Å². The fourth-order valence-electron chi connectivity index (χ4n) is 2.08. The van der Waals surface area contributed by atoms with Crippen LogP contribution in [-0.4, -0.2) is 47.5 Å². The fourth-order valence-corrected chi connectivity index (χ4v) is 2.08. The molecule has 114 valence electrons. The summed E-state index contributed by atoms with van der Waals surface area (Å²) in [6.07, 6.45) is -0.679. The molecular weight excluding hydrogens is 284 g/mol. The summed E-state index contributed by atoms with van der Waals surface area (Å²) in [5.74, 6) is -3.93. The Kier molecular flexibility index (Phi) is 4.40. The monoisotopic (exact) mass is 299 g/mol. The van der Waals surface area contributed by atoms with Gasteiger partial charge in [-0.15, -0.1) is 0 Å². The second-order valence-electron chi connectivity index (χ2n) is 4.86. The van der Waals surface area contributed by atoms with Gasteiger partial charge >= 0.3 is 5.97 Å². The lowest BCUT2D eigenvalue weighted by atomic mass is 10.1. The van der Waals surface area contributed by atoms with E-state index in [0.717, 1.165) is 0 Å². The number of piperidine rings is 1. The minimum atomic E-state index is -2.71. The average molecular weight is 299 g/mol. The maximum absolute atomic E-state index is 13.1. The molecule has 7 heteroatoms. The Morgan fingerprint density at radius 2 is 1.95 bits per heavy atom. The van der Waals surface area contributed by atoms with Gasteiger partial charge in [0.15, 0.2) is 6.61 Å². The van der Waals surface area contributed by atoms with Gasteiger partial charge in [-0.05, 0) is 18.2 Å². The zero-order valence-electron chi connectivity index (χ0n) is 11.2. The van der Waals surface area contributed by atoms with Gasteiger partial charge in [0, 0.05) is 31.5 Å². The molecule has 1 aromatic rings. The molecule has 1 saturated heterocycles. The summed E-state index contributed by atoms with van der Waals surface area (Å²) in [7, 11) is 0. The van der Waals surface area contributed by atoms with Crippen molar-refractivity contribution in [3.63, 3.8) is 0 Å². The molecule has 2 rings (SSSR count). The van der Waals surface area contributed by atoms with Crippen LogP contribution in [0.1, 0.15) is 23.2 Å². The average Bonchev–Trinajstić information content (AvgIpc) is 2.45. The van der Waals surface area contributed by atoms with Gasteiger partial charge in [0.2, 0.25) is 0 Å². The number of hydrogen-bond acceptors (Lipinski definition) is 3. The molecule has 1 aliphatic rings. The van der Waals surface area contributed by atoms with Crippen LogP contribution in [0.5, 0.6) is 5.75 Å². The van der Waals surface area contributed by atoms with E-state index in [4.69, 9.17) is 9.84 Å². The van der Waals surface area contributed by atoms with Crippen molar-refractivity contribution in [3.05, 3.63) is 29.8 Å². The van der Waals surface area contributed by atoms with Crippen LogP contribution in [-0.2, 0) is 4.79 Å². The number of amides is 1. The van der Waals surface area contributed by atoms with Crippen molar-refractivity contribution >= 4 is 11.9 Å². The van der Waals surface area contributed by atoms with E-state index in [1.807, 2.05) is 0 Å². The van der Waals surface area contributed by atoms with Crippen molar-refractivity contribution in [2.45, 2.75) is 18.8 Å². The highest BCUT2D eigenvalue weighted by atomic mass is 19.3. The molecule has 0 saturated carbocycles. The van der Waals surface area contributed by atoms with Crippen LogP contribution in [0.2, 0.25) is 0 Å². The van der Waals surface area contributed by atoms with Gasteiger partial charge in [-0.1, -0.05) is 6.07 Å². The number of hydrogen-bond donors (Lipinski definition) is 1. The molecule has 1 N–H and O–H groups in total. The highest BCUT2D eigenvalue weighted by molar-refractivity contribution is 5.94. The molecule has 0 radical (unpaired) electrons. The lowest BCUT2D eigenvalue weighted by Gasteiger charge is -2.31. The second-order valence-corrected chi connectivity index (χ2v) is 4.86. The highest BCUT2D eigenvalue weighted by Crippen LogP contribution is 2.28. The van der Waals surface area contributed by atoms with E-state index in [2.05, 4.69) is 0 Å². The molecule has 0 atom stereocenters. The number of benzene rings is 1.